The normalized spacial score (nSPS) is 11.9. The van der Waals surface area contributed by atoms with Gasteiger partial charge in [-0.1, -0.05) is 48.5 Å². The number of hydrogen-bond acceptors (Lipinski definition) is 3. The summed E-state index contributed by atoms with van der Waals surface area (Å²) in [6.07, 6.45) is 2.73. The van der Waals surface area contributed by atoms with Gasteiger partial charge in [0.2, 0.25) is 0 Å². The number of aromatic nitrogens is 2. The molecule has 0 saturated heterocycles. The van der Waals surface area contributed by atoms with Crippen LogP contribution in [-0.4, -0.2) is 22.8 Å². The molecule has 0 bridgehead atoms. The summed E-state index contributed by atoms with van der Waals surface area (Å²) in [5, 5.41) is 7.09. The van der Waals surface area contributed by atoms with Crippen molar-refractivity contribution in [3.8, 4) is 5.69 Å². The van der Waals surface area contributed by atoms with Crippen LogP contribution in [0.5, 0.6) is 0 Å². The molecular formula is C18H17N3O2. The number of anilines is 1. The lowest BCUT2D eigenvalue weighted by Crippen LogP contribution is -2.22. The van der Waals surface area contributed by atoms with Crippen LogP contribution in [-0.2, 0) is 9.53 Å². The summed E-state index contributed by atoms with van der Waals surface area (Å²) in [6, 6.07) is 19.1. The molecule has 23 heavy (non-hydrogen) atoms. The van der Waals surface area contributed by atoms with Gasteiger partial charge < -0.3 is 10.1 Å². The topological polar surface area (TPSA) is 56.1 Å². The number of para-hydroxylation sites is 1. The van der Waals surface area contributed by atoms with Gasteiger partial charge in [-0.2, -0.15) is 5.10 Å². The van der Waals surface area contributed by atoms with Gasteiger partial charge in [0.15, 0.2) is 6.10 Å². The predicted molar refractivity (Wildman–Crippen MR) is 88.4 cm³/mol. The Balaban J connectivity index is 1.74. The second-order valence-electron chi connectivity index (χ2n) is 5.02. The fraction of sp³-hybridized carbons (Fsp3) is 0.111. The molecule has 3 rings (SSSR count). The van der Waals surface area contributed by atoms with Gasteiger partial charge in [-0.25, -0.2) is 4.68 Å². The number of nitrogens with one attached hydrogen (secondary N) is 1. The molecule has 1 N–H and O–H groups in total. The van der Waals surface area contributed by atoms with Crippen LogP contribution in [0.1, 0.15) is 11.7 Å². The Bertz CT molecular complexity index is 769. The van der Waals surface area contributed by atoms with Gasteiger partial charge in [0.25, 0.3) is 5.91 Å². The Morgan fingerprint density at radius 3 is 2.39 bits per heavy atom. The first kappa shape index (κ1) is 15.0. The van der Waals surface area contributed by atoms with E-state index < -0.39 is 6.10 Å². The lowest BCUT2D eigenvalue weighted by molar-refractivity contribution is -0.126. The van der Waals surface area contributed by atoms with Gasteiger partial charge >= 0.3 is 0 Å². The van der Waals surface area contributed by atoms with Crippen LogP contribution in [0.3, 0.4) is 0 Å². The van der Waals surface area contributed by atoms with Crippen LogP contribution in [0.15, 0.2) is 73.1 Å². The fourth-order valence-electron chi connectivity index (χ4n) is 2.34. The zero-order valence-corrected chi connectivity index (χ0v) is 12.7. The molecule has 0 aliphatic carbocycles. The number of carbonyl (C=O) groups excluding carboxylic acids is 1. The molecule has 1 aromatic heterocycles. The van der Waals surface area contributed by atoms with E-state index in [1.165, 1.54) is 7.11 Å². The van der Waals surface area contributed by atoms with Crippen LogP contribution < -0.4 is 5.32 Å². The fourth-order valence-corrected chi connectivity index (χ4v) is 2.34. The van der Waals surface area contributed by atoms with E-state index in [9.17, 15) is 4.79 Å². The Kier molecular flexibility index (Phi) is 4.49. The monoisotopic (exact) mass is 307 g/mol. The molecule has 0 radical (unpaired) electrons. The smallest absolute Gasteiger partial charge is 0.258 e. The van der Waals surface area contributed by atoms with E-state index in [2.05, 4.69) is 10.4 Å². The Morgan fingerprint density at radius 1 is 1.09 bits per heavy atom. The average molecular weight is 307 g/mol. The predicted octanol–water partition coefficient (Wildman–Crippen LogP) is 3.20. The Morgan fingerprint density at radius 2 is 1.74 bits per heavy atom. The molecule has 0 saturated carbocycles. The van der Waals surface area contributed by atoms with Gasteiger partial charge in [0, 0.05) is 7.11 Å². The summed E-state index contributed by atoms with van der Waals surface area (Å²) in [5.41, 5.74) is 2.36. The van der Waals surface area contributed by atoms with Crippen LogP contribution in [0.2, 0.25) is 0 Å². The maximum atomic E-state index is 12.4. The minimum atomic E-state index is -0.656. The van der Waals surface area contributed by atoms with Crippen molar-refractivity contribution in [2.45, 2.75) is 6.10 Å². The third-order valence-electron chi connectivity index (χ3n) is 3.45. The number of benzene rings is 2. The highest BCUT2D eigenvalue weighted by Crippen LogP contribution is 2.19. The first-order chi connectivity index (χ1) is 11.3. The van der Waals surface area contributed by atoms with Crippen LogP contribution in [0.25, 0.3) is 5.69 Å². The molecule has 0 aliphatic heterocycles. The van der Waals surface area contributed by atoms with Crippen molar-refractivity contribution in [2.75, 3.05) is 12.4 Å². The summed E-state index contributed by atoms with van der Waals surface area (Å²) >= 11 is 0. The molecule has 1 heterocycles. The second-order valence-corrected chi connectivity index (χ2v) is 5.02. The van der Waals surface area contributed by atoms with E-state index in [4.69, 9.17) is 4.74 Å². The molecule has 1 atom stereocenters. The third-order valence-corrected chi connectivity index (χ3v) is 3.45. The number of nitrogens with zero attached hydrogens (tertiary/aromatic N) is 2. The molecule has 5 heteroatoms. The van der Waals surface area contributed by atoms with E-state index in [1.807, 2.05) is 60.7 Å². The average Bonchev–Trinajstić information content (AvgIpc) is 3.06. The van der Waals surface area contributed by atoms with Crippen molar-refractivity contribution in [1.29, 1.82) is 0 Å². The zero-order chi connectivity index (χ0) is 16.1. The SMILES string of the molecule is CO[C@@H](C(=O)Nc1cnn(-c2ccccc2)c1)c1ccccc1. The van der Waals surface area contributed by atoms with Gasteiger partial charge in [0.05, 0.1) is 23.8 Å². The molecule has 0 unspecified atom stereocenters. The largest absolute Gasteiger partial charge is 0.367 e. The lowest BCUT2D eigenvalue weighted by atomic mass is 10.1. The zero-order valence-electron chi connectivity index (χ0n) is 12.7. The van der Waals surface area contributed by atoms with E-state index in [-0.39, 0.29) is 5.91 Å². The van der Waals surface area contributed by atoms with Crippen molar-refractivity contribution in [1.82, 2.24) is 9.78 Å². The number of hydrogen-bond donors (Lipinski definition) is 1. The van der Waals surface area contributed by atoms with E-state index >= 15 is 0 Å². The quantitative estimate of drug-likeness (QED) is 0.787. The second kappa shape index (κ2) is 6.89. The number of amides is 1. The molecule has 1 amide bonds. The maximum Gasteiger partial charge on any atom is 0.258 e. The van der Waals surface area contributed by atoms with E-state index in [0.29, 0.717) is 5.69 Å². The first-order valence-electron chi connectivity index (χ1n) is 7.26. The summed E-state index contributed by atoms with van der Waals surface area (Å²) in [6.45, 7) is 0. The minimum Gasteiger partial charge on any atom is -0.367 e. The van der Waals surface area contributed by atoms with Gasteiger partial charge in [-0.3, -0.25) is 4.79 Å². The van der Waals surface area contributed by atoms with Crippen molar-refractivity contribution < 1.29 is 9.53 Å². The Labute approximate surface area is 134 Å². The highest BCUT2D eigenvalue weighted by Gasteiger charge is 2.20. The summed E-state index contributed by atoms with van der Waals surface area (Å²) < 4.78 is 7.03. The first-order valence-corrected chi connectivity index (χ1v) is 7.26. The van der Waals surface area contributed by atoms with Gasteiger partial charge in [-0.05, 0) is 17.7 Å². The summed E-state index contributed by atoms with van der Waals surface area (Å²) in [5.74, 6) is -0.230. The molecule has 0 spiro atoms. The molecule has 3 aromatic rings. The number of ether oxygens (including phenoxy) is 1. The van der Waals surface area contributed by atoms with E-state index in [1.54, 1.807) is 17.1 Å². The number of carbonyl (C=O) groups is 1. The Hall–Kier alpha value is -2.92. The highest BCUT2D eigenvalue weighted by atomic mass is 16.5. The third kappa shape index (κ3) is 3.46. The molecule has 116 valence electrons. The molecule has 5 nitrogen and oxygen atoms in total. The van der Waals surface area contributed by atoms with Gasteiger partial charge in [-0.15, -0.1) is 0 Å². The molecule has 2 aromatic carbocycles. The standard InChI is InChI=1S/C18H17N3O2/c1-23-17(14-8-4-2-5-9-14)18(22)20-15-12-19-21(13-15)16-10-6-3-7-11-16/h2-13,17H,1H3,(H,20,22)/t17-/m1/s1. The van der Waals surface area contributed by atoms with Crippen LogP contribution >= 0.6 is 0 Å². The minimum absolute atomic E-state index is 0.230. The number of methoxy groups -OCH3 is 1. The van der Waals surface area contributed by atoms with Crippen molar-refractivity contribution in [2.24, 2.45) is 0 Å². The van der Waals surface area contributed by atoms with Gasteiger partial charge in [0.1, 0.15) is 0 Å². The molecular weight excluding hydrogens is 290 g/mol. The van der Waals surface area contributed by atoms with Crippen molar-refractivity contribution in [3.63, 3.8) is 0 Å². The highest BCUT2D eigenvalue weighted by molar-refractivity contribution is 5.94. The maximum absolute atomic E-state index is 12.4. The van der Waals surface area contributed by atoms with Crippen molar-refractivity contribution >= 4 is 11.6 Å². The summed E-state index contributed by atoms with van der Waals surface area (Å²) in [7, 11) is 1.52. The van der Waals surface area contributed by atoms with Crippen molar-refractivity contribution in [3.05, 3.63) is 78.6 Å². The van der Waals surface area contributed by atoms with Crippen LogP contribution in [0.4, 0.5) is 5.69 Å². The molecule has 0 fully saturated rings. The lowest BCUT2D eigenvalue weighted by Gasteiger charge is -2.14. The molecule has 0 aliphatic rings. The summed E-state index contributed by atoms with van der Waals surface area (Å²) in [4.78, 5) is 12.4. The van der Waals surface area contributed by atoms with Crippen LogP contribution in [0, 0.1) is 0 Å². The van der Waals surface area contributed by atoms with E-state index in [0.717, 1.165) is 11.3 Å². The number of rotatable bonds is 5.